The van der Waals surface area contributed by atoms with Gasteiger partial charge in [0.15, 0.2) is 0 Å². The van der Waals surface area contributed by atoms with Crippen LogP contribution in [0.15, 0.2) is 0 Å². The van der Waals surface area contributed by atoms with Gasteiger partial charge >= 0.3 is 6.09 Å². The molecule has 1 N–H and O–H groups in total. The smallest absolute Gasteiger partial charge is 0.407 e. The molecule has 0 aliphatic rings. The van der Waals surface area contributed by atoms with E-state index in [-0.39, 0.29) is 6.09 Å². The number of alkyl halides is 1. The van der Waals surface area contributed by atoms with Gasteiger partial charge in [0, 0.05) is 19.8 Å². The fourth-order valence-corrected chi connectivity index (χ4v) is 1.77. The number of alkyl carbamates (subject to hydrolysis) is 1. The number of hydrogen-bond donors (Lipinski definition) is 1. The zero-order chi connectivity index (χ0) is 13.9. The molecule has 0 saturated carbocycles. The van der Waals surface area contributed by atoms with E-state index in [2.05, 4.69) is 27.9 Å². The first-order valence-corrected chi connectivity index (χ1v) is 8.09. The summed E-state index contributed by atoms with van der Waals surface area (Å²) in [7, 11) is 0. The van der Waals surface area contributed by atoms with Crippen molar-refractivity contribution in [1.29, 1.82) is 0 Å². The number of nitrogens with one attached hydrogen (secondary N) is 1. The van der Waals surface area contributed by atoms with Gasteiger partial charge in [-0.1, -0.05) is 22.6 Å². The van der Waals surface area contributed by atoms with Crippen LogP contribution in [-0.4, -0.2) is 35.9 Å². The Hall–Kier alpha value is -0.0400. The molecule has 0 bridgehead atoms. The molecule has 108 valence electrons. The molecule has 0 unspecified atom stereocenters. The summed E-state index contributed by atoms with van der Waals surface area (Å²) in [5.41, 5.74) is -0.425. The normalized spacial score (nSPS) is 11.3. The first kappa shape index (κ1) is 18.0. The minimum Gasteiger partial charge on any atom is -0.444 e. The number of hydrogen-bond acceptors (Lipinski definition) is 3. The van der Waals surface area contributed by atoms with Gasteiger partial charge in [0.2, 0.25) is 0 Å². The molecular formula is C13H26INO3. The van der Waals surface area contributed by atoms with E-state index in [1.54, 1.807) is 0 Å². The molecule has 0 spiro atoms. The summed E-state index contributed by atoms with van der Waals surface area (Å²) in [5, 5.41) is 2.73. The fourth-order valence-electron chi connectivity index (χ4n) is 1.23. The van der Waals surface area contributed by atoms with Crippen molar-refractivity contribution in [2.45, 2.75) is 52.1 Å². The Labute approximate surface area is 124 Å². The Morgan fingerprint density at radius 2 is 1.72 bits per heavy atom. The number of unbranched alkanes of at least 4 members (excludes halogenated alkanes) is 2. The molecule has 0 fully saturated rings. The van der Waals surface area contributed by atoms with Crippen LogP contribution in [0, 0.1) is 0 Å². The molecule has 0 heterocycles. The number of halogens is 1. The standard InChI is InChI=1S/C13H26INO3/c1-13(2,3)18-12(16)15-9-5-7-11-17-10-6-4-8-14/h4-11H2,1-3H3,(H,15,16). The van der Waals surface area contributed by atoms with Gasteiger partial charge in [-0.3, -0.25) is 0 Å². The highest BCUT2D eigenvalue weighted by molar-refractivity contribution is 14.1. The van der Waals surface area contributed by atoms with Crippen molar-refractivity contribution in [3.8, 4) is 0 Å². The van der Waals surface area contributed by atoms with E-state index < -0.39 is 5.60 Å². The summed E-state index contributed by atoms with van der Waals surface area (Å²) in [6.07, 6.45) is 3.91. The lowest BCUT2D eigenvalue weighted by atomic mass is 10.2. The third kappa shape index (κ3) is 14.0. The van der Waals surface area contributed by atoms with Gasteiger partial charge in [0.05, 0.1) is 0 Å². The SMILES string of the molecule is CC(C)(C)OC(=O)NCCCCOCCCCI. The summed E-state index contributed by atoms with van der Waals surface area (Å²) < 4.78 is 11.8. The van der Waals surface area contributed by atoms with E-state index in [0.29, 0.717) is 6.54 Å². The van der Waals surface area contributed by atoms with Crippen LogP contribution in [0.25, 0.3) is 0 Å². The van der Waals surface area contributed by atoms with Gasteiger partial charge in [-0.05, 0) is 50.9 Å². The molecule has 0 aliphatic carbocycles. The first-order chi connectivity index (χ1) is 8.45. The molecule has 0 atom stereocenters. The summed E-state index contributed by atoms with van der Waals surface area (Å²) in [6, 6.07) is 0. The van der Waals surface area contributed by atoms with Crippen LogP contribution in [-0.2, 0) is 9.47 Å². The Kier molecular flexibility index (Phi) is 10.8. The van der Waals surface area contributed by atoms with Crippen LogP contribution < -0.4 is 5.32 Å². The molecule has 1 amide bonds. The molecule has 0 radical (unpaired) electrons. The summed E-state index contributed by atoms with van der Waals surface area (Å²) in [4.78, 5) is 11.3. The first-order valence-electron chi connectivity index (χ1n) is 6.56. The highest BCUT2D eigenvalue weighted by Gasteiger charge is 2.15. The Balaban J connectivity index is 3.23. The summed E-state index contributed by atoms with van der Waals surface area (Å²) in [6.45, 7) is 7.84. The van der Waals surface area contributed by atoms with E-state index in [1.165, 1.54) is 10.8 Å². The van der Waals surface area contributed by atoms with Crippen LogP contribution in [0.3, 0.4) is 0 Å². The minimum atomic E-state index is -0.425. The van der Waals surface area contributed by atoms with E-state index in [0.717, 1.165) is 32.5 Å². The number of rotatable bonds is 9. The quantitative estimate of drug-likeness (QED) is 0.383. The predicted octanol–water partition coefficient (Wildman–Crippen LogP) is 3.52. The maximum absolute atomic E-state index is 11.3. The maximum atomic E-state index is 11.3. The summed E-state index contributed by atoms with van der Waals surface area (Å²) in [5.74, 6) is 0. The van der Waals surface area contributed by atoms with Crippen LogP contribution >= 0.6 is 22.6 Å². The maximum Gasteiger partial charge on any atom is 0.407 e. The van der Waals surface area contributed by atoms with Gasteiger partial charge in [-0.15, -0.1) is 0 Å². The lowest BCUT2D eigenvalue weighted by Gasteiger charge is -2.19. The monoisotopic (exact) mass is 371 g/mol. The van der Waals surface area contributed by atoms with Gasteiger partial charge in [-0.2, -0.15) is 0 Å². The average Bonchev–Trinajstić information content (AvgIpc) is 2.24. The zero-order valence-corrected chi connectivity index (χ0v) is 13.9. The van der Waals surface area contributed by atoms with Gasteiger partial charge < -0.3 is 14.8 Å². The van der Waals surface area contributed by atoms with Crippen LogP contribution in [0.5, 0.6) is 0 Å². The number of carbonyl (C=O) groups excluding carboxylic acids is 1. The van der Waals surface area contributed by atoms with Crippen LogP contribution in [0.2, 0.25) is 0 Å². The Morgan fingerprint density at radius 1 is 1.11 bits per heavy atom. The molecular weight excluding hydrogens is 345 g/mol. The highest BCUT2D eigenvalue weighted by atomic mass is 127. The number of carbonyl (C=O) groups is 1. The van der Waals surface area contributed by atoms with Crippen molar-refractivity contribution in [2.75, 3.05) is 24.2 Å². The third-order valence-corrected chi connectivity index (χ3v) is 2.82. The van der Waals surface area contributed by atoms with Crippen molar-refractivity contribution < 1.29 is 14.3 Å². The number of amides is 1. The van der Waals surface area contributed by atoms with Crippen molar-refractivity contribution in [3.05, 3.63) is 0 Å². The molecule has 0 aromatic heterocycles. The summed E-state index contributed by atoms with van der Waals surface area (Å²) >= 11 is 2.37. The molecule has 5 heteroatoms. The second-order valence-corrected chi connectivity index (χ2v) is 6.22. The largest absolute Gasteiger partial charge is 0.444 e. The van der Waals surface area contributed by atoms with Crippen LogP contribution in [0.4, 0.5) is 4.79 Å². The topological polar surface area (TPSA) is 47.6 Å². The lowest BCUT2D eigenvalue weighted by molar-refractivity contribution is 0.0524. The van der Waals surface area contributed by atoms with E-state index in [1.807, 2.05) is 20.8 Å². The Bertz CT molecular complexity index is 217. The fraction of sp³-hybridized carbons (Fsp3) is 0.923. The zero-order valence-electron chi connectivity index (χ0n) is 11.8. The third-order valence-electron chi connectivity index (χ3n) is 2.06. The molecule has 0 aromatic rings. The second kappa shape index (κ2) is 10.8. The number of ether oxygens (including phenoxy) is 2. The molecule has 4 nitrogen and oxygen atoms in total. The van der Waals surface area contributed by atoms with Crippen LogP contribution in [0.1, 0.15) is 46.5 Å². The van der Waals surface area contributed by atoms with E-state index in [4.69, 9.17) is 9.47 Å². The van der Waals surface area contributed by atoms with Crippen molar-refractivity contribution in [3.63, 3.8) is 0 Å². The van der Waals surface area contributed by atoms with Crippen molar-refractivity contribution in [1.82, 2.24) is 5.32 Å². The van der Waals surface area contributed by atoms with Gasteiger partial charge in [-0.25, -0.2) is 4.79 Å². The molecule has 18 heavy (non-hydrogen) atoms. The van der Waals surface area contributed by atoms with E-state index >= 15 is 0 Å². The van der Waals surface area contributed by atoms with Gasteiger partial charge in [0.25, 0.3) is 0 Å². The van der Waals surface area contributed by atoms with E-state index in [9.17, 15) is 4.79 Å². The minimum absolute atomic E-state index is 0.342. The Morgan fingerprint density at radius 3 is 2.28 bits per heavy atom. The molecule has 0 saturated heterocycles. The molecule has 0 rings (SSSR count). The average molecular weight is 371 g/mol. The van der Waals surface area contributed by atoms with Crippen molar-refractivity contribution in [2.24, 2.45) is 0 Å². The van der Waals surface area contributed by atoms with Gasteiger partial charge in [0.1, 0.15) is 5.60 Å². The molecule has 0 aliphatic heterocycles. The highest BCUT2D eigenvalue weighted by Crippen LogP contribution is 2.06. The second-order valence-electron chi connectivity index (χ2n) is 5.14. The van der Waals surface area contributed by atoms with Crippen molar-refractivity contribution >= 4 is 28.7 Å². The molecule has 0 aromatic carbocycles. The predicted molar refractivity (Wildman–Crippen MR) is 82.4 cm³/mol. The lowest BCUT2D eigenvalue weighted by Crippen LogP contribution is -2.33.